The van der Waals surface area contributed by atoms with E-state index in [1.54, 1.807) is 0 Å². The quantitative estimate of drug-likeness (QED) is 0.688. The molecule has 1 heterocycles. The maximum Gasteiger partial charge on any atom is 0.235 e. The minimum atomic E-state index is -0.0998. The van der Waals surface area contributed by atoms with E-state index in [9.17, 15) is 9.59 Å². The molecule has 2 amide bonds. The zero-order chi connectivity index (χ0) is 16.6. The van der Waals surface area contributed by atoms with E-state index in [1.165, 1.54) is 16.9 Å². The van der Waals surface area contributed by atoms with E-state index in [0.29, 0.717) is 23.7 Å². The van der Waals surface area contributed by atoms with Gasteiger partial charge in [-0.25, -0.2) is 0 Å². The molecule has 4 aliphatic carbocycles. The monoisotopic (exact) mass is 322 g/mol. The van der Waals surface area contributed by atoms with Crippen LogP contribution in [0.4, 0.5) is 5.69 Å². The van der Waals surface area contributed by atoms with Crippen molar-refractivity contribution in [2.45, 2.75) is 20.3 Å². The summed E-state index contributed by atoms with van der Waals surface area (Å²) in [6, 6.07) is 6.16. The van der Waals surface area contributed by atoms with Gasteiger partial charge in [0.25, 0.3) is 0 Å². The highest BCUT2D eigenvalue weighted by atomic mass is 16.2. The Morgan fingerprint density at radius 1 is 1.04 bits per heavy atom. The van der Waals surface area contributed by atoms with Crippen LogP contribution >= 0.6 is 0 Å². The first-order chi connectivity index (χ1) is 11.6. The molecular weight excluding hydrogens is 300 g/mol. The number of rotatable bonds is 3. The lowest BCUT2D eigenvalue weighted by Crippen LogP contribution is -2.40. The fourth-order valence-corrected chi connectivity index (χ4v) is 5.35. The van der Waals surface area contributed by atoms with Gasteiger partial charge in [0.05, 0.1) is 18.5 Å². The van der Waals surface area contributed by atoms with Crippen molar-refractivity contribution in [3.05, 3.63) is 41.5 Å². The van der Waals surface area contributed by atoms with E-state index in [1.807, 2.05) is 19.1 Å². The summed E-state index contributed by atoms with van der Waals surface area (Å²) in [4.78, 5) is 27.3. The third kappa shape index (κ3) is 1.80. The zero-order valence-electron chi connectivity index (χ0n) is 14.0. The average Bonchev–Trinajstić information content (AvgIpc) is 3.33. The van der Waals surface area contributed by atoms with Gasteiger partial charge >= 0.3 is 0 Å². The fourth-order valence-electron chi connectivity index (χ4n) is 5.35. The minimum absolute atomic E-state index is 0.0342. The Hall–Kier alpha value is -2.10. The second kappa shape index (κ2) is 4.71. The summed E-state index contributed by atoms with van der Waals surface area (Å²) in [5, 5.41) is 3.29. The number of allylic oxidation sites excluding steroid dienone is 2. The summed E-state index contributed by atoms with van der Waals surface area (Å²) in [6.07, 6.45) is 5.63. The molecule has 1 saturated heterocycles. The van der Waals surface area contributed by atoms with Crippen LogP contribution in [0.15, 0.2) is 30.4 Å². The summed E-state index contributed by atoms with van der Waals surface area (Å²) in [7, 11) is 0. The lowest BCUT2D eigenvalue weighted by molar-refractivity contribution is -0.139. The number of nitrogens with one attached hydrogen (secondary N) is 1. The number of carbonyl (C=O) groups is 2. The molecule has 1 aromatic carbocycles. The standard InChI is InChI=1S/C20H22N2O2/c1-10-3-6-16(11(2)7-10)21-9-22-19(23)17-12-4-5-13(15-8-14(12)15)18(17)20(22)24/h3-7,12-15,17-18,21H,8-9H2,1-2H3. The number of carbonyl (C=O) groups excluding carboxylic acids is 2. The van der Waals surface area contributed by atoms with Crippen LogP contribution in [0.5, 0.6) is 0 Å². The highest BCUT2D eigenvalue weighted by Gasteiger charge is 2.66. The van der Waals surface area contributed by atoms with Gasteiger partial charge < -0.3 is 5.32 Å². The van der Waals surface area contributed by atoms with Crippen molar-refractivity contribution >= 4 is 17.5 Å². The zero-order valence-corrected chi connectivity index (χ0v) is 14.0. The first-order valence-corrected chi connectivity index (χ1v) is 8.91. The third-order valence-electron chi connectivity index (χ3n) is 6.56. The summed E-state index contributed by atoms with van der Waals surface area (Å²) in [5.41, 5.74) is 3.33. The number of benzene rings is 1. The molecule has 4 heteroatoms. The van der Waals surface area contributed by atoms with Crippen LogP contribution in [0.3, 0.4) is 0 Å². The van der Waals surface area contributed by atoms with Crippen molar-refractivity contribution in [2.75, 3.05) is 12.0 Å². The van der Waals surface area contributed by atoms with Crippen molar-refractivity contribution < 1.29 is 9.59 Å². The molecule has 124 valence electrons. The van der Waals surface area contributed by atoms with Crippen molar-refractivity contribution in [3.63, 3.8) is 0 Å². The van der Waals surface area contributed by atoms with Gasteiger partial charge in [0.15, 0.2) is 0 Å². The topological polar surface area (TPSA) is 49.4 Å². The van der Waals surface area contributed by atoms with Gasteiger partial charge in [0, 0.05) is 5.69 Å². The molecule has 0 spiro atoms. The van der Waals surface area contributed by atoms with Gasteiger partial charge in [0.1, 0.15) is 0 Å². The lowest BCUT2D eigenvalue weighted by Gasteiger charge is -2.37. The number of hydrogen-bond acceptors (Lipinski definition) is 3. The van der Waals surface area contributed by atoms with E-state index in [-0.39, 0.29) is 30.3 Å². The highest BCUT2D eigenvalue weighted by molar-refractivity contribution is 6.06. The van der Waals surface area contributed by atoms with Crippen molar-refractivity contribution in [2.24, 2.45) is 35.5 Å². The van der Waals surface area contributed by atoms with E-state index < -0.39 is 0 Å². The second-order valence-electron chi connectivity index (χ2n) is 7.91. The Bertz CT molecular complexity index is 748. The molecule has 6 unspecified atom stereocenters. The van der Waals surface area contributed by atoms with Gasteiger partial charge in [-0.15, -0.1) is 0 Å². The first-order valence-electron chi connectivity index (χ1n) is 8.91. The van der Waals surface area contributed by atoms with Crippen LogP contribution in [-0.2, 0) is 9.59 Å². The number of likely N-dealkylation sites (tertiary alicyclic amines) is 1. The molecule has 6 rings (SSSR count). The molecule has 1 aliphatic heterocycles. The molecule has 6 atom stereocenters. The lowest BCUT2D eigenvalue weighted by atomic mass is 9.63. The van der Waals surface area contributed by atoms with E-state index in [4.69, 9.17) is 0 Å². The van der Waals surface area contributed by atoms with Crippen LogP contribution in [0, 0.1) is 49.4 Å². The smallest absolute Gasteiger partial charge is 0.235 e. The van der Waals surface area contributed by atoms with Gasteiger partial charge in [-0.2, -0.15) is 0 Å². The number of aryl methyl sites for hydroxylation is 2. The predicted molar refractivity (Wildman–Crippen MR) is 91.0 cm³/mol. The Morgan fingerprint density at radius 3 is 2.25 bits per heavy atom. The maximum absolute atomic E-state index is 12.9. The first kappa shape index (κ1) is 14.3. The Balaban J connectivity index is 1.37. The summed E-state index contributed by atoms with van der Waals surface area (Å²) < 4.78 is 0. The van der Waals surface area contributed by atoms with Gasteiger partial charge in [0.2, 0.25) is 11.8 Å². The molecule has 1 aromatic rings. The van der Waals surface area contributed by atoms with Crippen LogP contribution in [0.2, 0.25) is 0 Å². The maximum atomic E-state index is 12.9. The van der Waals surface area contributed by atoms with E-state index >= 15 is 0 Å². The molecule has 5 aliphatic rings. The Kier molecular flexibility index (Phi) is 2.80. The molecule has 1 N–H and O–H groups in total. The molecule has 4 nitrogen and oxygen atoms in total. The molecule has 2 bridgehead atoms. The molecule has 0 aromatic heterocycles. The van der Waals surface area contributed by atoms with Crippen LogP contribution in [-0.4, -0.2) is 23.4 Å². The van der Waals surface area contributed by atoms with Crippen LogP contribution in [0.25, 0.3) is 0 Å². The van der Waals surface area contributed by atoms with Crippen LogP contribution in [0.1, 0.15) is 17.5 Å². The number of hydrogen-bond donors (Lipinski definition) is 1. The summed E-state index contributed by atoms with van der Waals surface area (Å²) in [6.45, 7) is 4.38. The Morgan fingerprint density at radius 2 is 1.67 bits per heavy atom. The fraction of sp³-hybridized carbons (Fsp3) is 0.500. The highest BCUT2D eigenvalue weighted by Crippen LogP contribution is 2.65. The second-order valence-corrected chi connectivity index (χ2v) is 7.91. The molecule has 3 fully saturated rings. The van der Waals surface area contributed by atoms with E-state index in [0.717, 1.165) is 11.3 Å². The SMILES string of the molecule is Cc1ccc(NCN2C(=O)C3C4C=CC(C5CC45)C3C2=O)c(C)c1. The van der Waals surface area contributed by atoms with Crippen molar-refractivity contribution in [3.8, 4) is 0 Å². The van der Waals surface area contributed by atoms with Gasteiger partial charge in [-0.1, -0.05) is 29.8 Å². The Labute approximate surface area is 141 Å². The number of nitrogens with zero attached hydrogens (tertiary/aromatic N) is 1. The normalized spacial score (nSPS) is 38.3. The predicted octanol–water partition coefficient (Wildman–Crippen LogP) is 2.73. The largest absolute Gasteiger partial charge is 0.367 e. The number of imide groups is 1. The molecule has 0 radical (unpaired) electrons. The van der Waals surface area contributed by atoms with Gasteiger partial charge in [-0.3, -0.25) is 14.5 Å². The van der Waals surface area contributed by atoms with Gasteiger partial charge in [-0.05, 0) is 55.6 Å². The number of amides is 2. The summed E-state index contributed by atoms with van der Waals surface area (Å²) >= 11 is 0. The van der Waals surface area contributed by atoms with E-state index in [2.05, 4.69) is 30.5 Å². The molecular formula is C20H22N2O2. The minimum Gasteiger partial charge on any atom is -0.367 e. The summed E-state index contributed by atoms with van der Waals surface area (Å²) in [5.74, 6) is 1.78. The van der Waals surface area contributed by atoms with Crippen LogP contribution < -0.4 is 5.32 Å². The molecule has 2 saturated carbocycles. The third-order valence-corrected chi connectivity index (χ3v) is 6.56. The molecule has 24 heavy (non-hydrogen) atoms. The average molecular weight is 322 g/mol. The van der Waals surface area contributed by atoms with Crippen molar-refractivity contribution in [1.82, 2.24) is 4.90 Å². The number of anilines is 1. The van der Waals surface area contributed by atoms with Crippen molar-refractivity contribution in [1.29, 1.82) is 0 Å².